The van der Waals surface area contributed by atoms with Gasteiger partial charge in [0, 0.05) is 24.0 Å². The standard InChI is InChI=1S/C14H12N4O2/c1-20-11-4-2-3-10(9-11)17-14(19)12-5-7-15-13-6-8-16-18(12)13/h2-9H,1H3,(H,17,19). The zero-order chi connectivity index (χ0) is 13.9. The molecular formula is C14H12N4O2. The highest BCUT2D eigenvalue weighted by atomic mass is 16.5. The lowest BCUT2D eigenvalue weighted by molar-refractivity contribution is 0.102. The Hall–Kier alpha value is -2.89. The highest BCUT2D eigenvalue weighted by Gasteiger charge is 2.11. The fourth-order valence-corrected chi connectivity index (χ4v) is 1.90. The molecule has 1 aromatic carbocycles. The highest BCUT2D eigenvalue weighted by molar-refractivity contribution is 6.03. The number of carbonyl (C=O) groups is 1. The minimum atomic E-state index is -0.255. The summed E-state index contributed by atoms with van der Waals surface area (Å²) in [5.74, 6) is 0.427. The number of fused-ring (bicyclic) bond motifs is 1. The third-order valence-electron chi connectivity index (χ3n) is 2.85. The van der Waals surface area contributed by atoms with Crippen LogP contribution in [0.5, 0.6) is 5.75 Å². The van der Waals surface area contributed by atoms with E-state index in [1.54, 1.807) is 43.8 Å². The number of amides is 1. The van der Waals surface area contributed by atoms with Crippen LogP contribution in [-0.4, -0.2) is 27.6 Å². The van der Waals surface area contributed by atoms with Crippen LogP contribution in [0, 0.1) is 0 Å². The smallest absolute Gasteiger partial charge is 0.274 e. The van der Waals surface area contributed by atoms with E-state index in [9.17, 15) is 4.79 Å². The molecule has 3 aromatic rings. The van der Waals surface area contributed by atoms with Crippen molar-refractivity contribution in [2.24, 2.45) is 0 Å². The van der Waals surface area contributed by atoms with Gasteiger partial charge >= 0.3 is 0 Å². The molecule has 0 bridgehead atoms. The van der Waals surface area contributed by atoms with Gasteiger partial charge in [-0.3, -0.25) is 4.79 Å². The number of nitrogens with one attached hydrogen (secondary N) is 1. The molecule has 0 fully saturated rings. The lowest BCUT2D eigenvalue weighted by Gasteiger charge is -2.07. The molecule has 0 aliphatic carbocycles. The molecule has 0 aliphatic rings. The molecule has 0 atom stereocenters. The molecule has 0 unspecified atom stereocenters. The third kappa shape index (κ3) is 2.18. The van der Waals surface area contributed by atoms with Gasteiger partial charge in [-0.2, -0.15) is 5.10 Å². The third-order valence-corrected chi connectivity index (χ3v) is 2.85. The van der Waals surface area contributed by atoms with E-state index in [0.29, 0.717) is 22.8 Å². The van der Waals surface area contributed by atoms with E-state index in [1.807, 2.05) is 12.1 Å². The molecule has 1 amide bonds. The lowest BCUT2D eigenvalue weighted by Crippen LogP contribution is -2.16. The van der Waals surface area contributed by atoms with Crippen LogP contribution in [0.3, 0.4) is 0 Å². The molecule has 100 valence electrons. The maximum absolute atomic E-state index is 12.3. The minimum absolute atomic E-state index is 0.255. The van der Waals surface area contributed by atoms with Gasteiger partial charge in [0.2, 0.25) is 0 Å². The Morgan fingerprint density at radius 3 is 3.00 bits per heavy atom. The predicted octanol–water partition coefficient (Wildman–Crippen LogP) is 1.99. The number of benzene rings is 1. The summed E-state index contributed by atoms with van der Waals surface area (Å²) >= 11 is 0. The van der Waals surface area contributed by atoms with Crippen molar-refractivity contribution in [1.82, 2.24) is 14.6 Å². The van der Waals surface area contributed by atoms with Crippen LogP contribution >= 0.6 is 0 Å². The van der Waals surface area contributed by atoms with Crippen LogP contribution in [0.2, 0.25) is 0 Å². The number of rotatable bonds is 3. The first kappa shape index (κ1) is 12.2. The molecule has 0 spiro atoms. The molecule has 6 nitrogen and oxygen atoms in total. The fraction of sp³-hybridized carbons (Fsp3) is 0.0714. The van der Waals surface area contributed by atoms with E-state index >= 15 is 0 Å². The minimum Gasteiger partial charge on any atom is -0.497 e. The number of aromatic nitrogens is 3. The average molecular weight is 268 g/mol. The molecule has 2 aromatic heterocycles. The molecule has 1 N–H and O–H groups in total. The Morgan fingerprint density at radius 1 is 1.25 bits per heavy atom. The van der Waals surface area contributed by atoms with Gasteiger partial charge in [-0.1, -0.05) is 6.07 Å². The van der Waals surface area contributed by atoms with E-state index in [0.717, 1.165) is 0 Å². The summed E-state index contributed by atoms with van der Waals surface area (Å²) in [6.45, 7) is 0. The summed E-state index contributed by atoms with van der Waals surface area (Å²) < 4.78 is 6.62. The van der Waals surface area contributed by atoms with Gasteiger partial charge in [-0.15, -0.1) is 0 Å². The van der Waals surface area contributed by atoms with Crippen molar-refractivity contribution in [2.75, 3.05) is 12.4 Å². The summed E-state index contributed by atoms with van der Waals surface area (Å²) in [5.41, 5.74) is 1.71. The first-order chi connectivity index (χ1) is 9.78. The second-order valence-electron chi connectivity index (χ2n) is 4.12. The number of anilines is 1. The van der Waals surface area contributed by atoms with Gasteiger partial charge in [0.1, 0.15) is 11.4 Å². The van der Waals surface area contributed by atoms with E-state index in [1.165, 1.54) is 4.52 Å². The number of hydrogen-bond acceptors (Lipinski definition) is 4. The van der Waals surface area contributed by atoms with Gasteiger partial charge in [-0.05, 0) is 18.2 Å². The zero-order valence-corrected chi connectivity index (χ0v) is 10.8. The van der Waals surface area contributed by atoms with Crippen LogP contribution in [0.25, 0.3) is 5.65 Å². The van der Waals surface area contributed by atoms with Crippen molar-refractivity contribution in [3.05, 3.63) is 54.5 Å². The topological polar surface area (TPSA) is 68.5 Å². The SMILES string of the molecule is COc1cccc(NC(=O)c2ccnc3ccnn23)c1. The molecule has 6 heteroatoms. The molecule has 3 rings (SSSR count). The van der Waals surface area contributed by atoms with E-state index < -0.39 is 0 Å². The summed E-state index contributed by atoms with van der Waals surface area (Å²) in [5, 5.41) is 6.89. The molecule has 2 heterocycles. The number of ether oxygens (including phenoxy) is 1. The van der Waals surface area contributed by atoms with Crippen molar-refractivity contribution < 1.29 is 9.53 Å². The van der Waals surface area contributed by atoms with E-state index in [-0.39, 0.29) is 5.91 Å². The van der Waals surface area contributed by atoms with Crippen LogP contribution < -0.4 is 10.1 Å². The second kappa shape index (κ2) is 5.00. The van der Waals surface area contributed by atoms with Gasteiger partial charge in [0.25, 0.3) is 5.91 Å². The first-order valence-corrected chi connectivity index (χ1v) is 6.02. The monoisotopic (exact) mass is 268 g/mol. The Kier molecular flexibility index (Phi) is 3.04. The number of carbonyl (C=O) groups excluding carboxylic acids is 1. The van der Waals surface area contributed by atoms with Crippen LogP contribution in [0.4, 0.5) is 5.69 Å². The van der Waals surface area contributed by atoms with Gasteiger partial charge in [-0.25, -0.2) is 9.50 Å². The first-order valence-electron chi connectivity index (χ1n) is 6.02. The molecule has 0 saturated carbocycles. The van der Waals surface area contributed by atoms with E-state index in [4.69, 9.17) is 4.74 Å². The Morgan fingerprint density at radius 2 is 2.15 bits per heavy atom. The normalized spacial score (nSPS) is 10.4. The van der Waals surface area contributed by atoms with Gasteiger partial charge in [0.05, 0.1) is 13.3 Å². The van der Waals surface area contributed by atoms with Crippen molar-refractivity contribution in [3.8, 4) is 5.75 Å². The number of hydrogen-bond donors (Lipinski definition) is 1. The summed E-state index contributed by atoms with van der Waals surface area (Å²) in [6, 6.07) is 10.5. The lowest BCUT2D eigenvalue weighted by atomic mass is 10.3. The van der Waals surface area contributed by atoms with Crippen molar-refractivity contribution in [2.45, 2.75) is 0 Å². The quantitative estimate of drug-likeness (QED) is 0.788. The van der Waals surface area contributed by atoms with E-state index in [2.05, 4.69) is 15.4 Å². The Bertz CT molecular complexity index is 766. The van der Waals surface area contributed by atoms with Crippen LogP contribution in [0.1, 0.15) is 10.5 Å². The predicted molar refractivity (Wildman–Crippen MR) is 73.9 cm³/mol. The van der Waals surface area contributed by atoms with Crippen molar-refractivity contribution in [1.29, 1.82) is 0 Å². The summed E-state index contributed by atoms with van der Waals surface area (Å²) in [7, 11) is 1.58. The molecule has 0 aliphatic heterocycles. The maximum Gasteiger partial charge on any atom is 0.274 e. The summed E-state index contributed by atoms with van der Waals surface area (Å²) in [4.78, 5) is 16.4. The number of methoxy groups -OCH3 is 1. The van der Waals surface area contributed by atoms with Gasteiger partial charge < -0.3 is 10.1 Å². The highest BCUT2D eigenvalue weighted by Crippen LogP contribution is 2.17. The largest absolute Gasteiger partial charge is 0.497 e. The Balaban J connectivity index is 1.91. The molecular weight excluding hydrogens is 256 g/mol. The zero-order valence-electron chi connectivity index (χ0n) is 10.8. The van der Waals surface area contributed by atoms with Crippen LogP contribution in [-0.2, 0) is 0 Å². The summed E-state index contributed by atoms with van der Waals surface area (Å²) in [6.07, 6.45) is 3.18. The van der Waals surface area contributed by atoms with Crippen LogP contribution in [0.15, 0.2) is 48.8 Å². The maximum atomic E-state index is 12.3. The molecule has 20 heavy (non-hydrogen) atoms. The van der Waals surface area contributed by atoms with Crippen molar-refractivity contribution in [3.63, 3.8) is 0 Å². The number of nitrogens with zero attached hydrogens (tertiary/aromatic N) is 3. The molecule has 0 saturated heterocycles. The second-order valence-corrected chi connectivity index (χ2v) is 4.12. The van der Waals surface area contributed by atoms with Gasteiger partial charge in [0.15, 0.2) is 5.65 Å². The fourth-order valence-electron chi connectivity index (χ4n) is 1.90. The van der Waals surface area contributed by atoms with Crippen molar-refractivity contribution >= 4 is 17.2 Å². The Labute approximate surface area is 115 Å². The average Bonchev–Trinajstić information content (AvgIpc) is 2.95. The molecule has 0 radical (unpaired) electrons.